The lowest BCUT2D eigenvalue weighted by Gasteiger charge is -2.19. The van der Waals surface area contributed by atoms with Crippen molar-refractivity contribution in [1.29, 1.82) is 0 Å². The predicted octanol–water partition coefficient (Wildman–Crippen LogP) is 3.58. The Morgan fingerprint density at radius 3 is 2.33 bits per heavy atom. The third kappa shape index (κ3) is 2.64. The predicted molar refractivity (Wildman–Crippen MR) is 81.7 cm³/mol. The Morgan fingerprint density at radius 2 is 1.67 bits per heavy atom. The smallest absolute Gasteiger partial charge is 0.194 e. The van der Waals surface area contributed by atoms with E-state index in [9.17, 15) is 4.79 Å². The topological polar surface area (TPSA) is 61.6 Å². The molecule has 0 saturated heterocycles. The van der Waals surface area contributed by atoms with Gasteiger partial charge in [0.2, 0.25) is 0 Å². The third-order valence-electron chi connectivity index (χ3n) is 3.13. The highest BCUT2D eigenvalue weighted by atomic mass is 35.5. The number of halogens is 2. The van der Waals surface area contributed by atoms with E-state index in [4.69, 9.17) is 38.4 Å². The van der Waals surface area contributed by atoms with Gasteiger partial charge in [-0.25, -0.2) is 0 Å². The minimum absolute atomic E-state index is 0.250. The van der Waals surface area contributed by atoms with Crippen LogP contribution in [0.15, 0.2) is 30.3 Å². The molecule has 0 atom stereocenters. The second-order valence-electron chi connectivity index (χ2n) is 4.54. The number of anilines is 1. The summed E-state index contributed by atoms with van der Waals surface area (Å²) in [4.78, 5) is 12.5. The van der Waals surface area contributed by atoms with Gasteiger partial charge in [0.25, 0.3) is 0 Å². The largest absolute Gasteiger partial charge is 0.486 e. The molecule has 0 bridgehead atoms. The molecule has 0 aromatic heterocycles. The minimum Gasteiger partial charge on any atom is -0.486 e. The van der Waals surface area contributed by atoms with Gasteiger partial charge < -0.3 is 15.2 Å². The van der Waals surface area contributed by atoms with E-state index in [1.54, 1.807) is 24.3 Å². The highest BCUT2D eigenvalue weighted by molar-refractivity contribution is 6.35. The Bertz CT molecular complexity index is 731. The highest BCUT2D eigenvalue weighted by Crippen LogP contribution is 2.36. The molecular weight excluding hydrogens is 313 g/mol. The van der Waals surface area contributed by atoms with Gasteiger partial charge in [0.15, 0.2) is 17.3 Å². The van der Waals surface area contributed by atoms with E-state index < -0.39 is 0 Å². The lowest BCUT2D eigenvalue weighted by Crippen LogP contribution is -2.16. The minimum atomic E-state index is -0.250. The van der Waals surface area contributed by atoms with E-state index >= 15 is 0 Å². The maximum Gasteiger partial charge on any atom is 0.194 e. The Kier molecular flexibility index (Phi) is 3.66. The van der Waals surface area contributed by atoms with Gasteiger partial charge in [0.1, 0.15) is 13.2 Å². The number of hydrogen-bond donors (Lipinski definition) is 1. The summed E-state index contributed by atoms with van der Waals surface area (Å²) in [7, 11) is 0. The molecule has 21 heavy (non-hydrogen) atoms. The molecular formula is C15H11Cl2NO3. The number of benzene rings is 2. The molecule has 0 amide bonds. The van der Waals surface area contributed by atoms with Crippen molar-refractivity contribution in [2.24, 2.45) is 0 Å². The van der Waals surface area contributed by atoms with Crippen LogP contribution in [0.5, 0.6) is 11.5 Å². The van der Waals surface area contributed by atoms with Crippen molar-refractivity contribution in [3.8, 4) is 11.5 Å². The number of ether oxygens (including phenoxy) is 2. The van der Waals surface area contributed by atoms with Crippen molar-refractivity contribution < 1.29 is 14.3 Å². The third-order valence-corrected chi connectivity index (χ3v) is 3.79. The summed E-state index contributed by atoms with van der Waals surface area (Å²) in [5, 5.41) is 0.706. The summed E-state index contributed by atoms with van der Waals surface area (Å²) >= 11 is 12.0. The van der Waals surface area contributed by atoms with Crippen LogP contribution in [0.3, 0.4) is 0 Å². The van der Waals surface area contributed by atoms with Crippen molar-refractivity contribution in [3.63, 3.8) is 0 Å². The molecule has 108 valence electrons. The fourth-order valence-corrected chi connectivity index (χ4v) is 2.44. The van der Waals surface area contributed by atoms with Crippen molar-refractivity contribution >= 4 is 34.7 Å². The van der Waals surface area contributed by atoms with Crippen LogP contribution in [0.25, 0.3) is 0 Å². The average Bonchev–Trinajstić information content (AvgIpc) is 2.48. The Morgan fingerprint density at radius 1 is 1.00 bits per heavy atom. The highest BCUT2D eigenvalue weighted by Gasteiger charge is 2.20. The number of fused-ring (bicyclic) bond motifs is 1. The lowest BCUT2D eigenvalue weighted by molar-refractivity contribution is 0.103. The molecule has 0 radical (unpaired) electrons. The van der Waals surface area contributed by atoms with E-state index in [1.165, 1.54) is 6.07 Å². The molecule has 1 aliphatic rings. The first-order valence-electron chi connectivity index (χ1n) is 6.25. The molecule has 1 heterocycles. The average molecular weight is 324 g/mol. The van der Waals surface area contributed by atoms with Gasteiger partial charge in [-0.1, -0.05) is 23.2 Å². The summed E-state index contributed by atoms with van der Waals surface area (Å²) < 4.78 is 10.9. The quantitative estimate of drug-likeness (QED) is 0.677. The number of nitrogens with two attached hydrogens (primary N) is 1. The van der Waals surface area contributed by atoms with Gasteiger partial charge in [0.05, 0.1) is 15.7 Å². The first-order chi connectivity index (χ1) is 10.1. The van der Waals surface area contributed by atoms with Crippen LogP contribution in [0, 0.1) is 0 Å². The number of ketones is 1. The molecule has 2 N–H and O–H groups in total. The van der Waals surface area contributed by atoms with Gasteiger partial charge >= 0.3 is 0 Å². The summed E-state index contributed by atoms with van der Waals surface area (Å²) in [6, 6.07) is 7.88. The van der Waals surface area contributed by atoms with Crippen LogP contribution in [0.1, 0.15) is 15.9 Å². The monoisotopic (exact) mass is 323 g/mol. The van der Waals surface area contributed by atoms with Crippen LogP contribution in [-0.2, 0) is 0 Å². The molecule has 1 aliphatic heterocycles. The number of nitrogen functional groups attached to an aromatic ring is 1. The van der Waals surface area contributed by atoms with Crippen molar-refractivity contribution in [3.05, 3.63) is 51.5 Å². The molecule has 0 saturated carbocycles. The fourth-order valence-electron chi connectivity index (χ4n) is 2.08. The Balaban J connectivity index is 2.03. The number of rotatable bonds is 2. The number of carbonyl (C=O) groups excluding carboxylic acids is 1. The molecule has 2 aromatic carbocycles. The van der Waals surface area contributed by atoms with E-state index in [0.717, 1.165) is 0 Å². The maximum atomic E-state index is 12.5. The first kappa shape index (κ1) is 14.0. The molecule has 0 fully saturated rings. The van der Waals surface area contributed by atoms with E-state index in [0.29, 0.717) is 51.6 Å². The standard InChI is InChI=1S/C15H11Cl2NO3/c16-10-2-1-8(5-12(10)18)15(19)9-6-13-14(7-11(9)17)21-4-3-20-13/h1-2,5-7H,3-4,18H2. The van der Waals surface area contributed by atoms with Crippen LogP contribution in [-0.4, -0.2) is 19.0 Å². The molecule has 2 aromatic rings. The summed E-state index contributed by atoms with van der Waals surface area (Å²) in [6.45, 7) is 0.903. The van der Waals surface area contributed by atoms with Crippen LogP contribution >= 0.6 is 23.2 Å². The zero-order valence-corrected chi connectivity index (χ0v) is 12.4. The molecule has 0 aliphatic carbocycles. The van der Waals surface area contributed by atoms with Gasteiger partial charge in [0, 0.05) is 17.2 Å². The van der Waals surface area contributed by atoms with E-state index in [1.807, 2.05) is 0 Å². The number of carbonyl (C=O) groups is 1. The zero-order valence-electron chi connectivity index (χ0n) is 10.9. The van der Waals surface area contributed by atoms with E-state index in [-0.39, 0.29) is 5.78 Å². The maximum absolute atomic E-state index is 12.5. The second-order valence-corrected chi connectivity index (χ2v) is 5.36. The zero-order chi connectivity index (χ0) is 15.0. The molecule has 3 rings (SSSR count). The van der Waals surface area contributed by atoms with E-state index in [2.05, 4.69) is 0 Å². The molecule has 0 spiro atoms. The molecule has 4 nitrogen and oxygen atoms in total. The van der Waals surface area contributed by atoms with Crippen LogP contribution in [0.4, 0.5) is 5.69 Å². The van der Waals surface area contributed by atoms with Crippen LogP contribution in [0.2, 0.25) is 10.0 Å². The Labute approximate surface area is 131 Å². The summed E-state index contributed by atoms with van der Waals surface area (Å²) in [5.41, 5.74) is 6.82. The summed E-state index contributed by atoms with van der Waals surface area (Å²) in [6.07, 6.45) is 0. The number of hydrogen-bond acceptors (Lipinski definition) is 4. The van der Waals surface area contributed by atoms with Gasteiger partial charge in [-0.2, -0.15) is 0 Å². The van der Waals surface area contributed by atoms with Crippen molar-refractivity contribution in [2.45, 2.75) is 0 Å². The second kappa shape index (κ2) is 5.47. The molecule has 6 heteroatoms. The van der Waals surface area contributed by atoms with Crippen molar-refractivity contribution in [1.82, 2.24) is 0 Å². The normalized spacial score (nSPS) is 13.0. The fraction of sp³-hybridized carbons (Fsp3) is 0.133. The molecule has 0 unspecified atom stereocenters. The van der Waals surface area contributed by atoms with Gasteiger partial charge in [-0.15, -0.1) is 0 Å². The SMILES string of the molecule is Nc1cc(C(=O)c2cc3c(cc2Cl)OCCO3)ccc1Cl. The van der Waals surface area contributed by atoms with Gasteiger partial charge in [-0.3, -0.25) is 4.79 Å². The summed E-state index contributed by atoms with van der Waals surface area (Å²) in [5.74, 6) is 0.801. The van der Waals surface area contributed by atoms with Crippen LogP contribution < -0.4 is 15.2 Å². The van der Waals surface area contributed by atoms with Gasteiger partial charge in [-0.05, 0) is 24.3 Å². The van der Waals surface area contributed by atoms with Crippen molar-refractivity contribution in [2.75, 3.05) is 18.9 Å². The Hall–Kier alpha value is -1.91. The lowest BCUT2D eigenvalue weighted by atomic mass is 10.0. The first-order valence-corrected chi connectivity index (χ1v) is 7.01.